The minimum Gasteiger partial charge on any atom is -0.457 e. The highest BCUT2D eigenvalue weighted by Crippen LogP contribution is 2.27. The van der Waals surface area contributed by atoms with E-state index < -0.39 is 0 Å². The van der Waals surface area contributed by atoms with Gasteiger partial charge >= 0.3 is 5.97 Å². The van der Waals surface area contributed by atoms with Crippen molar-refractivity contribution in [1.82, 2.24) is 0 Å². The predicted octanol–water partition coefficient (Wildman–Crippen LogP) is 5.02. The fourth-order valence-corrected chi connectivity index (χ4v) is 2.57. The standard InChI is InChI=1S/C21H18O2/c1-16-9-5-6-12-18(16)19-13-7-8-14-20(19)21(22)23-15-17-10-3-2-4-11-17/h2-14H,15H2,1H3. The second-order valence-corrected chi connectivity index (χ2v) is 5.42. The van der Waals surface area contributed by atoms with Gasteiger partial charge in [-0.3, -0.25) is 0 Å². The fourth-order valence-electron chi connectivity index (χ4n) is 2.57. The highest BCUT2D eigenvalue weighted by atomic mass is 16.5. The Morgan fingerprint density at radius 2 is 1.39 bits per heavy atom. The van der Waals surface area contributed by atoms with Gasteiger partial charge in [0.2, 0.25) is 0 Å². The molecule has 0 atom stereocenters. The summed E-state index contributed by atoms with van der Waals surface area (Å²) in [6.45, 7) is 2.32. The van der Waals surface area contributed by atoms with E-state index in [9.17, 15) is 4.79 Å². The first-order valence-electron chi connectivity index (χ1n) is 7.62. The number of ether oxygens (including phenoxy) is 1. The van der Waals surface area contributed by atoms with Crippen molar-refractivity contribution < 1.29 is 9.53 Å². The van der Waals surface area contributed by atoms with Crippen LogP contribution in [-0.2, 0) is 11.3 Å². The Morgan fingerprint density at radius 3 is 2.13 bits per heavy atom. The molecular weight excluding hydrogens is 284 g/mol. The summed E-state index contributed by atoms with van der Waals surface area (Å²) >= 11 is 0. The number of aryl methyl sites for hydroxylation is 1. The molecule has 0 bridgehead atoms. The average Bonchev–Trinajstić information content (AvgIpc) is 2.61. The molecule has 0 spiro atoms. The Hall–Kier alpha value is -2.87. The zero-order chi connectivity index (χ0) is 16.1. The van der Waals surface area contributed by atoms with Gasteiger partial charge in [-0.15, -0.1) is 0 Å². The molecule has 0 aliphatic heterocycles. The summed E-state index contributed by atoms with van der Waals surface area (Å²) < 4.78 is 5.48. The van der Waals surface area contributed by atoms with Gasteiger partial charge in [-0.2, -0.15) is 0 Å². The molecule has 23 heavy (non-hydrogen) atoms. The monoisotopic (exact) mass is 302 g/mol. The maximum atomic E-state index is 12.5. The molecule has 0 N–H and O–H groups in total. The summed E-state index contributed by atoms with van der Waals surface area (Å²) in [4.78, 5) is 12.5. The van der Waals surface area contributed by atoms with Crippen molar-refractivity contribution >= 4 is 5.97 Å². The lowest BCUT2D eigenvalue weighted by molar-refractivity contribution is 0.0473. The molecule has 0 amide bonds. The normalized spacial score (nSPS) is 10.3. The third-order valence-corrected chi connectivity index (χ3v) is 3.79. The second-order valence-electron chi connectivity index (χ2n) is 5.42. The third kappa shape index (κ3) is 3.49. The molecule has 0 saturated heterocycles. The van der Waals surface area contributed by atoms with E-state index in [1.807, 2.05) is 85.8 Å². The summed E-state index contributed by atoms with van der Waals surface area (Å²) in [7, 11) is 0. The van der Waals surface area contributed by atoms with Crippen molar-refractivity contribution in [2.75, 3.05) is 0 Å². The van der Waals surface area contributed by atoms with Crippen LogP contribution in [0.15, 0.2) is 78.9 Å². The van der Waals surface area contributed by atoms with Gasteiger partial charge in [-0.05, 0) is 35.2 Å². The van der Waals surface area contributed by atoms with Crippen LogP contribution < -0.4 is 0 Å². The van der Waals surface area contributed by atoms with Crippen molar-refractivity contribution in [1.29, 1.82) is 0 Å². The topological polar surface area (TPSA) is 26.3 Å². The Bertz CT molecular complexity index is 807. The molecule has 0 aliphatic rings. The van der Waals surface area contributed by atoms with Crippen LogP contribution in [0, 0.1) is 6.92 Å². The number of carbonyl (C=O) groups is 1. The summed E-state index contributed by atoms with van der Waals surface area (Å²) in [5.41, 5.74) is 4.67. The maximum Gasteiger partial charge on any atom is 0.339 e. The van der Waals surface area contributed by atoms with Crippen LogP contribution in [0.25, 0.3) is 11.1 Å². The van der Waals surface area contributed by atoms with Gasteiger partial charge < -0.3 is 4.74 Å². The Balaban J connectivity index is 1.86. The van der Waals surface area contributed by atoms with E-state index in [0.717, 1.165) is 22.3 Å². The van der Waals surface area contributed by atoms with Crippen LogP contribution in [0.1, 0.15) is 21.5 Å². The average molecular weight is 302 g/mol. The lowest BCUT2D eigenvalue weighted by Crippen LogP contribution is -2.07. The smallest absolute Gasteiger partial charge is 0.339 e. The molecule has 2 heteroatoms. The number of carbonyl (C=O) groups excluding carboxylic acids is 1. The molecule has 0 aromatic heterocycles. The first kappa shape index (κ1) is 15.0. The molecule has 0 radical (unpaired) electrons. The molecule has 3 rings (SSSR count). The van der Waals surface area contributed by atoms with Crippen molar-refractivity contribution in [3.8, 4) is 11.1 Å². The molecule has 0 saturated carbocycles. The van der Waals surface area contributed by atoms with Crippen molar-refractivity contribution in [3.05, 3.63) is 95.6 Å². The van der Waals surface area contributed by atoms with Crippen molar-refractivity contribution in [2.24, 2.45) is 0 Å². The van der Waals surface area contributed by atoms with E-state index in [2.05, 4.69) is 0 Å². The minimum atomic E-state index is -0.298. The van der Waals surface area contributed by atoms with Crippen LogP contribution in [0.3, 0.4) is 0 Å². The predicted molar refractivity (Wildman–Crippen MR) is 92.2 cm³/mol. The molecule has 0 unspecified atom stereocenters. The van der Waals surface area contributed by atoms with Crippen molar-refractivity contribution in [2.45, 2.75) is 13.5 Å². The molecule has 2 nitrogen and oxygen atoms in total. The second kappa shape index (κ2) is 6.93. The highest BCUT2D eigenvalue weighted by molar-refractivity contribution is 5.97. The number of rotatable bonds is 4. The SMILES string of the molecule is Cc1ccccc1-c1ccccc1C(=O)OCc1ccccc1. The van der Waals surface area contributed by atoms with Crippen molar-refractivity contribution in [3.63, 3.8) is 0 Å². The molecule has 114 valence electrons. The number of esters is 1. The maximum absolute atomic E-state index is 12.5. The largest absolute Gasteiger partial charge is 0.457 e. The van der Waals surface area contributed by atoms with E-state index in [0.29, 0.717) is 5.56 Å². The Labute approximate surface area is 136 Å². The van der Waals surface area contributed by atoms with Crippen LogP contribution in [0.2, 0.25) is 0 Å². The number of hydrogen-bond donors (Lipinski definition) is 0. The fraction of sp³-hybridized carbons (Fsp3) is 0.0952. The lowest BCUT2D eigenvalue weighted by Gasteiger charge is -2.11. The van der Waals surface area contributed by atoms with Gasteiger partial charge in [-0.25, -0.2) is 4.79 Å². The first-order valence-corrected chi connectivity index (χ1v) is 7.62. The van der Waals surface area contributed by atoms with E-state index in [1.165, 1.54) is 0 Å². The summed E-state index contributed by atoms with van der Waals surface area (Å²) in [6, 6.07) is 25.3. The van der Waals surface area contributed by atoms with Gasteiger partial charge in [0, 0.05) is 0 Å². The van der Waals surface area contributed by atoms with Gasteiger partial charge in [0.25, 0.3) is 0 Å². The van der Waals surface area contributed by atoms with E-state index in [4.69, 9.17) is 4.74 Å². The molecule has 3 aromatic carbocycles. The molecular formula is C21H18O2. The van der Waals surface area contributed by atoms with E-state index >= 15 is 0 Å². The van der Waals surface area contributed by atoms with Gasteiger partial charge in [-0.1, -0.05) is 72.8 Å². The van der Waals surface area contributed by atoms with Crippen LogP contribution >= 0.6 is 0 Å². The summed E-state index contributed by atoms with van der Waals surface area (Å²) in [5.74, 6) is -0.298. The van der Waals surface area contributed by atoms with Gasteiger partial charge in [0.05, 0.1) is 5.56 Å². The Kier molecular flexibility index (Phi) is 4.53. The minimum absolute atomic E-state index is 0.280. The number of hydrogen-bond acceptors (Lipinski definition) is 2. The van der Waals surface area contributed by atoms with Crippen LogP contribution in [-0.4, -0.2) is 5.97 Å². The number of benzene rings is 3. The zero-order valence-corrected chi connectivity index (χ0v) is 13.0. The Morgan fingerprint density at radius 1 is 0.783 bits per heavy atom. The molecule has 0 fully saturated rings. The molecule has 0 aliphatic carbocycles. The van der Waals surface area contributed by atoms with Gasteiger partial charge in [0.15, 0.2) is 0 Å². The van der Waals surface area contributed by atoms with Crippen LogP contribution in [0.4, 0.5) is 0 Å². The summed E-state index contributed by atoms with van der Waals surface area (Å²) in [6.07, 6.45) is 0. The molecule has 0 heterocycles. The zero-order valence-electron chi connectivity index (χ0n) is 13.0. The van der Waals surface area contributed by atoms with E-state index in [-0.39, 0.29) is 12.6 Å². The van der Waals surface area contributed by atoms with E-state index in [1.54, 1.807) is 0 Å². The highest BCUT2D eigenvalue weighted by Gasteiger charge is 2.14. The third-order valence-electron chi connectivity index (χ3n) is 3.79. The van der Waals surface area contributed by atoms with Crippen LogP contribution in [0.5, 0.6) is 0 Å². The summed E-state index contributed by atoms with van der Waals surface area (Å²) in [5, 5.41) is 0. The van der Waals surface area contributed by atoms with Gasteiger partial charge in [0.1, 0.15) is 6.61 Å². The quantitative estimate of drug-likeness (QED) is 0.633. The lowest BCUT2D eigenvalue weighted by atomic mass is 9.96. The first-order chi connectivity index (χ1) is 11.3. The molecule has 3 aromatic rings.